The predicted molar refractivity (Wildman–Crippen MR) is 161 cm³/mol. The van der Waals surface area contributed by atoms with Crippen LogP contribution >= 0.6 is 0 Å². The molecule has 0 aromatic heterocycles. The summed E-state index contributed by atoms with van der Waals surface area (Å²) in [6.45, 7) is 33.1. The summed E-state index contributed by atoms with van der Waals surface area (Å²) in [4.78, 5) is 69.0. The number of rotatable bonds is 6. The first-order chi connectivity index (χ1) is 16.6. The monoisotopic (exact) mass is 604 g/mol. The Morgan fingerprint density at radius 2 is 0.350 bits per heavy atom. The molecule has 0 aliphatic carbocycles. The first kappa shape index (κ1) is 45.5. The number of Topliss-reactive ketones (excluding diaryl/α,β-unsaturated/α-hetero) is 6. The van der Waals surface area contributed by atoms with Gasteiger partial charge in [-0.25, -0.2) is 0 Å². The van der Waals surface area contributed by atoms with Gasteiger partial charge in [0.2, 0.25) is 0 Å². The minimum absolute atomic E-state index is 0. The standard InChI is InChI=1S/3C11H20O2.Cr/c3*1-10(2,3)8(12)7-9(13)11(4,5)6;/h3*7H2,1-6H3;. The van der Waals surface area contributed by atoms with Crippen LogP contribution in [0.25, 0.3) is 0 Å². The van der Waals surface area contributed by atoms with E-state index in [0.717, 1.165) is 0 Å². The van der Waals surface area contributed by atoms with E-state index in [-0.39, 0.29) is 71.3 Å². The van der Waals surface area contributed by atoms with Crippen molar-refractivity contribution in [1.82, 2.24) is 0 Å². The molecular formula is C33H60CrO6. The van der Waals surface area contributed by atoms with Crippen LogP contribution < -0.4 is 0 Å². The van der Waals surface area contributed by atoms with E-state index in [9.17, 15) is 28.8 Å². The van der Waals surface area contributed by atoms with Gasteiger partial charge in [0.1, 0.15) is 34.7 Å². The van der Waals surface area contributed by atoms with Crippen molar-refractivity contribution < 1.29 is 46.1 Å². The third-order valence-electron chi connectivity index (χ3n) is 5.98. The summed E-state index contributed by atoms with van der Waals surface area (Å²) in [7, 11) is 0. The second kappa shape index (κ2) is 16.3. The van der Waals surface area contributed by atoms with Crippen molar-refractivity contribution in [3.63, 3.8) is 0 Å². The van der Waals surface area contributed by atoms with E-state index in [1.807, 2.05) is 125 Å². The van der Waals surface area contributed by atoms with Gasteiger partial charge in [-0.2, -0.15) is 0 Å². The number of hydrogen-bond donors (Lipinski definition) is 0. The van der Waals surface area contributed by atoms with E-state index in [0.29, 0.717) is 0 Å². The Hall–Kier alpha value is -1.45. The van der Waals surface area contributed by atoms with Crippen LogP contribution in [0.1, 0.15) is 144 Å². The van der Waals surface area contributed by atoms with Gasteiger partial charge in [-0.15, -0.1) is 0 Å². The van der Waals surface area contributed by atoms with Crippen LogP contribution in [0, 0.1) is 32.5 Å². The quantitative estimate of drug-likeness (QED) is 0.287. The third kappa shape index (κ3) is 21.3. The zero-order chi connectivity index (χ0) is 32.6. The van der Waals surface area contributed by atoms with Gasteiger partial charge in [0.25, 0.3) is 0 Å². The Kier molecular flexibility index (Phi) is 18.5. The molecule has 0 unspecified atom stereocenters. The number of carbonyl (C=O) groups is 6. The van der Waals surface area contributed by atoms with Gasteiger partial charge in [-0.3, -0.25) is 28.8 Å². The van der Waals surface area contributed by atoms with Crippen molar-refractivity contribution in [2.45, 2.75) is 144 Å². The number of carbonyl (C=O) groups excluding carboxylic acids is 6. The second-order valence-corrected chi connectivity index (χ2v) is 16.6. The van der Waals surface area contributed by atoms with Crippen LogP contribution in [0.5, 0.6) is 0 Å². The molecule has 234 valence electrons. The summed E-state index contributed by atoms with van der Waals surface area (Å²) in [6, 6.07) is 0. The van der Waals surface area contributed by atoms with E-state index >= 15 is 0 Å². The van der Waals surface area contributed by atoms with Crippen LogP contribution in [0.3, 0.4) is 0 Å². The van der Waals surface area contributed by atoms with Gasteiger partial charge in [-0.05, 0) is 0 Å². The van der Waals surface area contributed by atoms with Gasteiger partial charge in [-0.1, -0.05) is 125 Å². The Bertz CT molecular complexity index is 693. The summed E-state index contributed by atoms with van der Waals surface area (Å²) in [6.07, 6.45) is 0.187. The molecule has 0 aliphatic heterocycles. The first-order valence-electron chi connectivity index (χ1n) is 13.8. The second-order valence-electron chi connectivity index (χ2n) is 16.6. The van der Waals surface area contributed by atoms with Crippen LogP contribution in [0.2, 0.25) is 0 Å². The molecule has 0 radical (unpaired) electrons. The zero-order valence-electron chi connectivity index (χ0n) is 29.0. The van der Waals surface area contributed by atoms with E-state index in [2.05, 4.69) is 0 Å². The number of hydrogen-bond acceptors (Lipinski definition) is 6. The molecule has 6 nitrogen and oxygen atoms in total. The van der Waals surface area contributed by atoms with Crippen molar-refractivity contribution in [2.24, 2.45) is 32.5 Å². The van der Waals surface area contributed by atoms with E-state index < -0.39 is 32.5 Å². The summed E-state index contributed by atoms with van der Waals surface area (Å²) < 4.78 is 0. The molecule has 0 saturated carbocycles. The van der Waals surface area contributed by atoms with E-state index in [4.69, 9.17) is 0 Å². The summed E-state index contributed by atoms with van der Waals surface area (Å²) >= 11 is 0. The average Bonchev–Trinajstić information content (AvgIpc) is 2.64. The molecular weight excluding hydrogens is 544 g/mol. The van der Waals surface area contributed by atoms with Crippen molar-refractivity contribution in [1.29, 1.82) is 0 Å². The van der Waals surface area contributed by atoms with Gasteiger partial charge in [0.05, 0.1) is 19.3 Å². The third-order valence-corrected chi connectivity index (χ3v) is 5.98. The molecule has 40 heavy (non-hydrogen) atoms. The normalized spacial score (nSPS) is 12.4. The Labute approximate surface area is 256 Å². The SMILES string of the molecule is CC(C)(C)C(=O)CC(=O)C(C)(C)C.CC(C)(C)C(=O)CC(=O)C(C)(C)C.CC(C)(C)C(=O)CC(=O)C(C)(C)C.[Cr]. The summed E-state index contributed by atoms with van der Waals surface area (Å²) in [5, 5.41) is 0. The summed E-state index contributed by atoms with van der Waals surface area (Å²) in [5.41, 5.74) is -2.41. The molecule has 0 aromatic rings. The molecule has 0 N–H and O–H groups in total. The molecule has 0 fully saturated rings. The fourth-order valence-electron chi connectivity index (χ4n) is 2.03. The van der Waals surface area contributed by atoms with Crippen LogP contribution in [0.4, 0.5) is 0 Å². The Morgan fingerprint density at radius 3 is 0.400 bits per heavy atom. The first-order valence-corrected chi connectivity index (χ1v) is 13.8. The Balaban J connectivity index is -0.000000240. The van der Waals surface area contributed by atoms with Crippen LogP contribution in [-0.4, -0.2) is 34.7 Å². The smallest absolute Gasteiger partial charge is 0.145 e. The van der Waals surface area contributed by atoms with E-state index in [1.165, 1.54) is 0 Å². The molecule has 0 atom stereocenters. The molecule has 0 bridgehead atoms. The van der Waals surface area contributed by atoms with E-state index in [1.54, 1.807) is 0 Å². The van der Waals surface area contributed by atoms with Crippen LogP contribution in [0.15, 0.2) is 0 Å². The molecule has 0 aliphatic rings. The minimum Gasteiger partial charge on any atom is -0.299 e. The Morgan fingerprint density at radius 1 is 0.275 bits per heavy atom. The van der Waals surface area contributed by atoms with Gasteiger partial charge in [0, 0.05) is 49.9 Å². The minimum atomic E-state index is -0.402. The molecule has 0 aromatic carbocycles. The maximum atomic E-state index is 11.5. The molecule has 0 spiro atoms. The van der Waals surface area contributed by atoms with Crippen molar-refractivity contribution in [2.75, 3.05) is 0 Å². The zero-order valence-corrected chi connectivity index (χ0v) is 30.3. The predicted octanol–water partition coefficient (Wildman–Crippen LogP) is 7.82. The van der Waals surface area contributed by atoms with Crippen molar-refractivity contribution >= 4 is 34.7 Å². The van der Waals surface area contributed by atoms with Gasteiger partial charge in [0.15, 0.2) is 0 Å². The van der Waals surface area contributed by atoms with Crippen molar-refractivity contribution in [3.05, 3.63) is 0 Å². The fraction of sp³-hybridized carbons (Fsp3) is 0.818. The molecule has 0 rings (SSSR count). The largest absolute Gasteiger partial charge is 0.299 e. The number of ketones is 6. The molecule has 7 heteroatoms. The van der Waals surface area contributed by atoms with Crippen LogP contribution in [-0.2, 0) is 46.1 Å². The average molecular weight is 605 g/mol. The molecule has 0 heterocycles. The van der Waals surface area contributed by atoms with Gasteiger partial charge < -0.3 is 0 Å². The topological polar surface area (TPSA) is 102 Å². The van der Waals surface area contributed by atoms with Gasteiger partial charge >= 0.3 is 0 Å². The fourth-order valence-corrected chi connectivity index (χ4v) is 2.03. The maximum absolute atomic E-state index is 11.5. The maximum Gasteiger partial charge on any atom is 0.145 e. The summed E-state index contributed by atoms with van der Waals surface area (Å²) in [5.74, 6) is 0.125. The molecule has 0 amide bonds. The molecule has 0 saturated heterocycles. The van der Waals surface area contributed by atoms with Crippen molar-refractivity contribution in [3.8, 4) is 0 Å².